The highest BCUT2D eigenvalue weighted by Gasteiger charge is 2.15. The lowest BCUT2D eigenvalue weighted by molar-refractivity contribution is 1.18. The Kier molecular flexibility index (Phi) is 8.53. The van der Waals surface area contributed by atoms with E-state index in [1.807, 2.05) is 18.2 Å². The van der Waals surface area contributed by atoms with Crippen molar-refractivity contribution in [3.8, 4) is 67.3 Å². The third-order valence-electron chi connectivity index (χ3n) is 12.4. The van der Waals surface area contributed by atoms with Crippen molar-refractivity contribution in [2.45, 2.75) is 0 Å². The van der Waals surface area contributed by atoms with Crippen LogP contribution in [0.2, 0.25) is 0 Å². The lowest BCUT2D eigenvalue weighted by atomic mass is 9.89. The van der Waals surface area contributed by atoms with Gasteiger partial charge in [-0.1, -0.05) is 200 Å². The van der Waals surface area contributed by atoms with Crippen LogP contribution in [0, 0.1) is 0 Å². The first-order chi connectivity index (χ1) is 30.7. The van der Waals surface area contributed by atoms with E-state index in [0.717, 1.165) is 33.6 Å². The summed E-state index contributed by atoms with van der Waals surface area (Å²) in [5.74, 6) is 0.708. The fourth-order valence-electron chi connectivity index (χ4n) is 9.21. The number of fused-ring (bicyclic) bond motifs is 6. The van der Waals surface area contributed by atoms with Crippen LogP contribution >= 0.6 is 0 Å². The minimum absolute atomic E-state index is 0.708. The zero-order valence-corrected chi connectivity index (χ0v) is 33.8. The molecule has 0 bridgehead atoms. The summed E-state index contributed by atoms with van der Waals surface area (Å²) in [6.07, 6.45) is 0. The normalized spacial score (nSPS) is 11.5. The highest BCUT2D eigenvalue weighted by Crippen LogP contribution is 2.41. The number of rotatable bonds is 6. The smallest absolute Gasteiger partial charge is 0.160 e. The first kappa shape index (κ1) is 35.7. The van der Waals surface area contributed by atoms with Gasteiger partial charge in [-0.05, 0) is 118 Å². The van der Waals surface area contributed by atoms with E-state index >= 15 is 0 Å². The molecule has 0 radical (unpaired) electrons. The molecule has 12 aromatic rings. The van der Waals surface area contributed by atoms with Crippen LogP contribution in [0.25, 0.3) is 121 Å². The zero-order valence-electron chi connectivity index (χ0n) is 33.8. The van der Waals surface area contributed by atoms with Crippen LogP contribution < -0.4 is 0 Å². The molecule has 2 nitrogen and oxygen atoms in total. The van der Waals surface area contributed by atoms with Crippen molar-refractivity contribution in [2.24, 2.45) is 0 Å². The maximum atomic E-state index is 5.11. The van der Waals surface area contributed by atoms with Gasteiger partial charge in [0.25, 0.3) is 0 Å². The molecule has 0 aliphatic heterocycles. The average molecular weight is 787 g/mol. The Bertz CT molecular complexity index is 3660. The minimum Gasteiger partial charge on any atom is -0.228 e. The van der Waals surface area contributed by atoms with Crippen LogP contribution in [0.1, 0.15) is 0 Å². The van der Waals surface area contributed by atoms with Crippen molar-refractivity contribution in [1.29, 1.82) is 0 Å². The first-order valence-corrected chi connectivity index (χ1v) is 21.2. The van der Waals surface area contributed by atoms with Gasteiger partial charge in [-0.3, -0.25) is 0 Å². The van der Waals surface area contributed by atoms with Gasteiger partial charge in [-0.25, -0.2) is 9.97 Å². The molecule has 0 saturated heterocycles. The zero-order chi connectivity index (χ0) is 41.0. The number of benzene rings is 11. The predicted octanol–water partition coefficient (Wildman–Crippen LogP) is 16.2. The molecule has 1 heterocycles. The highest BCUT2D eigenvalue weighted by atomic mass is 14.9. The van der Waals surface area contributed by atoms with Gasteiger partial charge >= 0.3 is 0 Å². The first-order valence-electron chi connectivity index (χ1n) is 21.2. The molecule has 0 fully saturated rings. The van der Waals surface area contributed by atoms with Gasteiger partial charge in [-0.15, -0.1) is 0 Å². The summed E-state index contributed by atoms with van der Waals surface area (Å²) in [6, 6.07) is 83.1. The molecular formula is C60H38N2. The summed E-state index contributed by atoms with van der Waals surface area (Å²) in [4.78, 5) is 10.2. The standard InChI is InChI=1S/C60H38N2/c1-2-12-45(13-3-1)60-61-57(43-23-18-40(19-24-43)47-27-22-39-10-4-5-14-46(39)34-47)38-58(62-60)44-25-20-41(21-26-44)48-28-29-50-36-52(31-30-49(50)35-48)59-54-17-9-7-15-51(54)37-56-53-16-8-6-11-42(53)32-33-55(56)59/h1-38H. The minimum atomic E-state index is 0.708. The van der Waals surface area contributed by atoms with Crippen molar-refractivity contribution in [2.75, 3.05) is 0 Å². The Morgan fingerprint density at radius 3 is 1.32 bits per heavy atom. The number of hydrogen-bond acceptors (Lipinski definition) is 2. The van der Waals surface area contributed by atoms with Crippen LogP contribution in [0.5, 0.6) is 0 Å². The van der Waals surface area contributed by atoms with Gasteiger partial charge in [0.1, 0.15) is 0 Å². The molecular weight excluding hydrogens is 749 g/mol. The molecule has 0 aliphatic carbocycles. The molecule has 0 unspecified atom stereocenters. The van der Waals surface area contributed by atoms with Gasteiger partial charge in [-0.2, -0.15) is 0 Å². The summed E-state index contributed by atoms with van der Waals surface area (Å²) < 4.78 is 0. The second-order valence-electron chi connectivity index (χ2n) is 16.2. The molecule has 0 atom stereocenters. The number of hydrogen-bond donors (Lipinski definition) is 0. The summed E-state index contributed by atoms with van der Waals surface area (Å²) in [7, 11) is 0. The molecule has 1 aromatic heterocycles. The molecule has 0 spiro atoms. The summed E-state index contributed by atoms with van der Waals surface area (Å²) >= 11 is 0. The van der Waals surface area contributed by atoms with Crippen molar-refractivity contribution < 1.29 is 0 Å². The van der Waals surface area contributed by atoms with E-state index in [1.54, 1.807) is 0 Å². The van der Waals surface area contributed by atoms with E-state index in [9.17, 15) is 0 Å². The van der Waals surface area contributed by atoms with E-state index in [1.165, 1.54) is 81.7 Å². The lowest BCUT2D eigenvalue weighted by Gasteiger charge is -2.15. The average Bonchev–Trinajstić information content (AvgIpc) is 3.35. The van der Waals surface area contributed by atoms with Gasteiger partial charge < -0.3 is 0 Å². The molecule has 62 heavy (non-hydrogen) atoms. The third-order valence-corrected chi connectivity index (χ3v) is 12.4. The second kappa shape index (κ2) is 14.8. The van der Waals surface area contributed by atoms with Crippen molar-refractivity contribution in [1.82, 2.24) is 9.97 Å². The van der Waals surface area contributed by atoms with E-state index in [2.05, 4.69) is 212 Å². The van der Waals surface area contributed by atoms with E-state index in [4.69, 9.17) is 9.97 Å². The van der Waals surface area contributed by atoms with Crippen molar-refractivity contribution >= 4 is 53.9 Å². The Morgan fingerprint density at radius 1 is 0.210 bits per heavy atom. The van der Waals surface area contributed by atoms with Gasteiger partial charge in [0.15, 0.2) is 5.82 Å². The number of aromatic nitrogens is 2. The van der Waals surface area contributed by atoms with Crippen LogP contribution in [0.15, 0.2) is 231 Å². The Morgan fingerprint density at radius 2 is 0.661 bits per heavy atom. The predicted molar refractivity (Wildman–Crippen MR) is 262 cm³/mol. The van der Waals surface area contributed by atoms with Gasteiger partial charge in [0, 0.05) is 16.7 Å². The fraction of sp³-hybridized carbons (Fsp3) is 0. The maximum Gasteiger partial charge on any atom is 0.160 e. The summed E-state index contributed by atoms with van der Waals surface area (Å²) in [6.45, 7) is 0. The maximum absolute atomic E-state index is 5.11. The third kappa shape index (κ3) is 6.38. The van der Waals surface area contributed by atoms with Crippen LogP contribution in [-0.2, 0) is 0 Å². The number of nitrogens with zero attached hydrogens (tertiary/aromatic N) is 2. The van der Waals surface area contributed by atoms with Gasteiger partial charge in [0.05, 0.1) is 11.4 Å². The molecule has 0 aliphatic rings. The molecule has 0 N–H and O–H groups in total. The summed E-state index contributed by atoms with van der Waals surface area (Å²) in [5.41, 5.74) is 12.1. The van der Waals surface area contributed by atoms with Crippen molar-refractivity contribution in [3.05, 3.63) is 231 Å². The van der Waals surface area contributed by atoms with Crippen LogP contribution in [0.4, 0.5) is 0 Å². The molecule has 2 heteroatoms. The monoisotopic (exact) mass is 786 g/mol. The molecule has 11 aromatic carbocycles. The lowest BCUT2D eigenvalue weighted by Crippen LogP contribution is -1.96. The Balaban J connectivity index is 0.876. The SMILES string of the molecule is c1ccc(-c2nc(-c3ccc(-c4ccc5ccccc5c4)cc3)cc(-c3ccc(-c4ccc5cc(-c6c7ccccc7cc7c6ccc6ccccc67)ccc5c4)cc3)n2)cc1. The topological polar surface area (TPSA) is 25.8 Å². The molecule has 0 saturated carbocycles. The van der Waals surface area contributed by atoms with Crippen molar-refractivity contribution in [3.63, 3.8) is 0 Å². The fourth-order valence-corrected chi connectivity index (χ4v) is 9.21. The molecule has 0 amide bonds. The summed E-state index contributed by atoms with van der Waals surface area (Å²) in [5, 5.41) is 12.6. The van der Waals surface area contributed by atoms with Crippen LogP contribution in [0.3, 0.4) is 0 Å². The largest absolute Gasteiger partial charge is 0.228 e. The molecule has 12 rings (SSSR count). The van der Waals surface area contributed by atoms with E-state index in [0.29, 0.717) is 5.82 Å². The molecule has 288 valence electrons. The Hall–Kier alpha value is -8.20. The quantitative estimate of drug-likeness (QED) is 0.124. The Labute approximate surface area is 360 Å². The van der Waals surface area contributed by atoms with E-state index in [-0.39, 0.29) is 0 Å². The van der Waals surface area contributed by atoms with Crippen LogP contribution in [-0.4, -0.2) is 9.97 Å². The van der Waals surface area contributed by atoms with E-state index < -0.39 is 0 Å². The highest BCUT2D eigenvalue weighted by molar-refractivity contribution is 6.20. The second-order valence-corrected chi connectivity index (χ2v) is 16.2. The van der Waals surface area contributed by atoms with Gasteiger partial charge in [0.2, 0.25) is 0 Å².